The van der Waals surface area contributed by atoms with Gasteiger partial charge >= 0.3 is 0 Å². The number of hydrogen-bond donors (Lipinski definition) is 0. The van der Waals surface area contributed by atoms with E-state index in [1.165, 1.54) is 12.0 Å². The number of hydrogen-bond acceptors (Lipinski definition) is 4. The summed E-state index contributed by atoms with van der Waals surface area (Å²) in [6.45, 7) is 6.60. The molecule has 1 aliphatic rings. The third kappa shape index (κ3) is 5.15. The molecule has 2 heterocycles. The van der Waals surface area contributed by atoms with E-state index >= 15 is 0 Å². The molecule has 5 heteroatoms. The Hall–Kier alpha value is -1.72. The Labute approximate surface area is 158 Å². The number of benzene rings is 1. The van der Waals surface area contributed by atoms with Crippen LogP contribution in [0, 0.1) is 0 Å². The molecule has 0 saturated carbocycles. The summed E-state index contributed by atoms with van der Waals surface area (Å²) >= 11 is 0. The highest BCUT2D eigenvalue weighted by atomic mass is 15.4. The maximum Gasteiger partial charge on any atom is 0.151 e. The standard InChI is InChI=1S/C21H33N5/c1-4-5-13-26-21(16-19-17-24(2)14-15-25(19)3)22-20(23-26)12-11-18-9-7-6-8-10-18/h6-10,19H,4-5,11-17H2,1-3H3/t19-/m0/s1. The van der Waals surface area contributed by atoms with Gasteiger partial charge in [0.05, 0.1) is 0 Å². The van der Waals surface area contributed by atoms with E-state index in [2.05, 4.69) is 65.8 Å². The third-order valence-corrected chi connectivity index (χ3v) is 5.39. The minimum absolute atomic E-state index is 0.528. The van der Waals surface area contributed by atoms with Gasteiger partial charge in [-0.2, -0.15) is 5.10 Å². The largest absolute Gasteiger partial charge is 0.304 e. The summed E-state index contributed by atoms with van der Waals surface area (Å²) < 4.78 is 2.17. The molecule has 2 aromatic rings. The van der Waals surface area contributed by atoms with Crippen LogP contribution in [0.15, 0.2) is 30.3 Å². The van der Waals surface area contributed by atoms with Gasteiger partial charge in [-0.15, -0.1) is 0 Å². The quantitative estimate of drug-likeness (QED) is 0.729. The fraction of sp³-hybridized carbons (Fsp3) is 0.619. The summed E-state index contributed by atoms with van der Waals surface area (Å²) in [5, 5.41) is 4.85. The maximum atomic E-state index is 4.94. The molecule has 0 spiro atoms. The molecule has 0 radical (unpaired) electrons. The lowest BCUT2D eigenvalue weighted by molar-refractivity contribution is 0.112. The zero-order chi connectivity index (χ0) is 18.4. The Bertz CT molecular complexity index is 666. The SMILES string of the molecule is CCCCn1nc(CCc2ccccc2)nc1C[C@H]1CN(C)CCN1C. The molecule has 142 valence electrons. The van der Waals surface area contributed by atoms with Crippen LogP contribution in [0.25, 0.3) is 0 Å². The van der Waals surface area contributed by atoms with Gasteiger partial charge in [0.1, 0.15) is 5.82 Å². The second-order valence-electron chi connectivity index (χ2n) is 7.61. The van der Waals surface area contributed by atoms with Crippen molar-refractivity contribution >= 4 is 0 Å². The van der Waals surface area contributed by atoms with Crippen LogP contribution in [-0.4, -0.2) is 64.3 Å². The molecule has 1 fully saturated rings. The number of aryl methyl sites for hydroxylation is 3. The minimum atomic E-state index is 0.528. The summed E-state index contributed by atoms with van der Waals surface area (Å²) in [5.41, 5.74) is 1.35. The minimum Gasteiger partial charge on any atom is -0.304 e. The number of nitrogens with zero attached hydrogens (tertiary/aromatic N) is 5. The van der Waals surface area contributed by atoms with Gasteiger partial charge < -0.3 is 9.80 Å². The first kappa shape index (κ1) is 19.1. The Morgan fingerprint density at radius 2 is 1.88 bits per heavy atom. The van der Waals surface area contributed by atoms with Crippen molar-refractivity contribution in [3.8, 4) is 0 Å². The Balaban J connectivity index is 1.69. The second kappa shape index (κ2) is 9.28. The Morgan fingerprint density at radius 3 is 2.65 bits per heavy atom. The smallest absolute Gasteiger partial charge is 0.151 e. The average molecular weight is 356 g/mol. The van der Waals surface area contributed by atoms with Gasteiger partial charge in [-0.05, 0) is 32.5 Å². The lowest BCUT2D eigenvalue weighted by Gasteiger charge is -2.37. The second-order valence-corrected chi connectivity index (χ2v) is 7.61. The first-order valence-electron chi connectivity index (χ1n) is 10.0. The van der Waals surface area contributed by atoms with E-state index in [9.17, 15) is 0 Å². The van der Waals surface area contributed by atoms with Crippen LogP contribution in [0.2, 0.25) is 0 Å². The molecule has 0 amide bonds. The van der Waals surface area contributed by atoms with Crippen LogP contribution in [-0.2, 0) is 25.8 Å². The zero-order valence-corrected chi connectivity index (χ0v) is 16.6. The molecular weight excluding hydrogens is 322 g/mol. The van der Waals surface area contributed by atoms with Crippen LogP contribution in [0.5, 0.6) is 0 Å². The van der Waals surface area contributed by atoms with Crippen LogP contribution in [0.1, 0.15) is 37.0 Å². The van der Waals surface area contributed by atoms with Gasteiger partial charge in [0.15, 0.2) is 5.82 Å². The molecule has 1 saturated heterocycles. The van der Waals surface area contributed by atoms with E-state index in [0.29, 0.717) is 6.04 Å². The highest BCUT2D eigenvalue weighted by molar-refractivity contribution is 5.15. The van der Waals surface area contributed by atoms with Crippen LogP contribution >= 0.6 is 0 Å². The first-order valence-corrected chi connectivity index (χ1v) is 10.0. The molecule has 1 aliphatic heterocycles. The topological polar surface area (TPSA) is 37.2 Å². The molecule has 0 N–H and O–H groups in total. The summed E-state index contributed by atoms with van der Waals surface area (Å²) in [6.07, 6.45) is 5.25. The number of aromatic nitrogens is 3. The molecular formula is C21H33N5. The number of unbranched alkanes of at least 4 members (excludes halogenated alkanes) is 1. The monoisotopic (exact) mass is 355 g/mol. The summed E-state index contributed by atoms with van der Waals surface area (Å²) in [5.74, 6) is 2.15. The molecule has 1 aromatic heterocycles. The van der Waals surface area contributed by atoms with E-state index in [1.807, 2.05) is 0 Å². The van der Waals surface area contributed by atoms with E-state index in [1.54, 1.807) is 0 Å². The predicted molar refractivity (Wildman–Crippen MR) is 106 cm³/mol. The highest BCUT2D eigenvalue weighted by Crippen LogP contribution is 2.14. The molecule has 1 atom stereocenters. The number of likely N-dealkylation sites (N-methyl/N-ethyl adjacent to an activating group) is 2. The zero-order valence-electron chi connectivity index (χ0n) is 16.6. The molecule has 5 nitrogen and oxygen atoms in total. The van der Waals surface area contributed by atoms with Crippen molar-refractivity contribution in [3.05, 3.63) is 47.5 Å². The highest BCUT2D eigenvalue weighted by Gasteiger charge is 2.24. The normalized spacial score (nSPS) is 19.1. The van der Waals surface area contributed by atoms with Gasteiger partial charge in [0.2, 0.25) is 0 Å². The maximum absolute atomic E-state index is 4.94. The molecule has 26 heavy (non-hydrogen) atoms. The number of rotatable bonds is 8. The predicted octanol–water partition coefficient (Wildman–Crippen LogP) is 2.65. The molecule has 1 aromatic carbocycles. The first-order chi connectivity index (χ1) is 12.7. The molecule has 0 bridgehead atoms. The van der Waals surface area contributed by atoms with Crippen molar-refractivity contribution in [2.75, 3.05) is 33.7 Å². The fourth-order valence-corrected chi connectivity index (χ4v) is 3.60. The van der Waals surface area contributed by atoms with Crippen molar-refractivity contribution in [1.29, 1.82) is 0 Å². The Morgan fingerprint density at radius 1 is 1.08 bits per heavy atom. The van der Waals surface area contributed by atoms with Gasteiger partial charge in [-0.25, -0.2) is 9.67 Å². The van der Waals surface area contributed by atoms with Crippen molar-refractivity contribution in [2.45, 2.75) is 51.6 Å². The van der Waals surface area contributed by atoms with E-state index in [0.717, 1.165) is 63.5 Å². The fourth-order valence-electron chi connectivity index (χ4n) is 3.60. The van der Waals surface area contributed by atoms with Gasteiger partial charge in [0.25, 0.3) is 0 Å². The van der Waals surface area contributed by atoms with Crippen molar-refractivity contribution < 1.29 is 0 Å². The lowest BCUT2D eigenvalue weighted by atomic mass is 10.1. The number of piperazine rings is 1. The van der Waals surface area contributed by atoms with Crippen molar-refractivity contribution in [1.82, 2.24) is 24.6 Å². The van der Waals surface area contributed by atoms with Crippen molar-refractivity contribution in [3.63, 3.8) is 0 Å². The molecule has 0 aliphatic carbocycles. The van der Waals surface area contributed by atoms with E-state index in [-0.39, 0.29) is 0 Å². The Kier molecular flexibility index (Phi) is 6.80. The van der Waals surface area contributed by atoms with E-state index < -0.39 is 0 Å². The van der Waals surface area contributed by atoms with Gasteiger partial charge in [-0.1, -0.05) is 43.7 Å². The third-order valence-electron chi connectivity index (χ3n) is 5.39. The average Bonchev–Trinajstić information content (AvgIpc) is 3.04. The van der Waals surface area contributed by atoms with Crippen LogP contribution < -0.4 is 0 Å². The summed E-state index contributed by atoms with van der Waals surface area (Å²) in [4.78, 5) is 9.84. The molecule has 3 rings (SSSR count). The van der Waals surface area contributed by atoms with Gasteiger partial charge in [0, 0.05) is 45.1 Å². The van der Waals surface area contributed by atoms with Crippen LogP contribution in [0.3, 0.4) is 0 Å². The summed E-state index contributed by atoms with van der Waals surface area (Å²) in [7, 11) is 4.45. The van der Waals surface area contributed by atoms with Crippen molar-refractivity contribution in [2.24, 2.45) is 0 Å². The van der Waals surface area contributed by atoms with E-state index in [4.69, 9.17) is 10.1 Å². The van der Waals surface area contributed by atoms with Crippen LogP contribution in [0.4, 0.5) is 0 Å². The lowest BCUT2D eigenvalue weighted by Crippen LogP contribution is -2.51. The summed E-state index contributed by atoms with van der Waals surface area (Å²) in [6, 6.07) is 11.2. The van der Waals surface area contributed by atoms with Gasteiger partial charge in [-0.3, -0.25) is 0 Å². The molecule has 0 unspecified atom stereocenters.